The number of hydrogen-bond donors (Lipinski definition) is 2. The lowest BCUT2D eigenvalue weighted by atomic mass is 10.1. The van der Waals surface area contributed by atoms with Crippen LogP contribution >= 0.6 is 0 Å². The normalized spacial score (nSPS) is 10.2. The Morgan fingerprint density at radius 3 is 2.65 bits per heavy atom. The monoisotopic (exact) mass is 235 g/mol. The first-order chi connectivity index (χ1) is 8.06. The highest BCUT2D eigenvalue weighted by atomic mass is 16.1. The summed E-state index contributed by atoms with van der Waals surface area (Å²) in [7, 11) is 2.01. The molecule has 0 fully saturated rings. The molecule has 0 atom stereocenters. The van der Waals surface area contributed by atoms with Gasteiger partial charge in [-0.15, -0.1) is 0 Å². The number of nitrogens with two attached hydrogens (primary N) is 2. The van der Waals surface area contributed by atoms with E-state index in [1.54, 1.807) is 12.1 Å². The number of primary amides is 1. The molecular formula is C13H21N3O. The highest BCUT2D eigenvalue weighted by Gasteiger charge is 2.08. The number of nitrogen functional groups attached to an aromatic ring is 1. The second-order valence-electron chi connectivity index (χ2n) is 4.26. The molecule has 0 aliphatic rings. The number of carbonyl (C=O) groups is 1. The lowest BCUT2D eigenvalue weighted by Crippen LogP contribution is -2.20. The lowest BCUT2D eigenvalue weighted by molar-refractivity contribution is 0.100. The van der Waals surface area contributed by atoms with Crippen LogP contribution in [0.2, 0.25) is 0 Å². The van der Waals surface area contributed by atoms with Gasteiger partial charge >= 0.3 is 0 Å². The minimum Gasteiger partial charge on any atom is -0.398 e. The Balaban J connectivity index is 2.77. The molecule has 1 amide bonds. The van der Waals surface area contributed by atoms with Gasteiger partial charge in [0.15, 0.2) is 0 Å². The van der Waals surface area contributed by atoms with Crippen LogP contribution in [0.3, 0.4) is 0 Å². The van der Waals surface area contributed by atoms with E-state index in [-0.39, 0.29) is 0 Å². The summed E-state index contributed by atoms with van der Waals surface area (Å²) in [5.41, 5.74) is 12.8. The summed E-state index contributed by atoms with van der Waals surface area (Å²) in [6.45, 7) is 3.14. The van der Waals surface area contributed by atoms with Gasteiger partial charge in [-0.2, -0.15) is 0 Å². The topological polar surface area (TPSA) is 72.3 Å². The number of anilines is 2. The molecular weight excluding hydrogens is 214 g/mol. The lowest BCUT2D eigenvalue weighted by Gasteiger charge is -2.20. The molecule has 0 bridgehead atoms. The standard InChI is InChI=1S/C13H21N3O/c1-3-4-5-8-16(2)10-6-7-12(14)11(9-10)13(15)17/h6-7,9H,3-5,8,14H2,1-2H3,(H2,15,17). The molecule has 1 aromatic rings. The number of nitrogens with zero attached hydrogens (tertiary/aromatic N) is 1. The first-order valence-corrected chi connectivity index (χ1v) is 5.96. The molecule has 1 aromatic carbocycles. The number of benzene rings is 1. The predicted octanol–water partition coefficient (Wildman–Crippen LogP) is 1.99. The summed E-state index contributed by atoms with van der Waals surface area (Å²) in [5.74, 6) is -0.480. The van der Waals surface area contributed by atoms with Crippen molar-refractivity contribution in [2.75, 3.05) is 24.2 Å². The Kier molecular flexibility index (Phi) is 4.82. The van der Waals surface area contributed by atoms with E-state index >= 15 is 0 Å². The molecule has 0 spiro atoms. The van der Waals surface area contributed by atoms with Gasteiger partial charge in [0, 0.05) is 25.0 Å². The molecule has 0 saturated carbocycles. The highest BCUT2D eigenvalue weighted by molar-refractivity contribution is 5.99. The van der Waals surface area contributed by atoms with Crippen LogP contribution in [-0.2, 0) is 0 Å². The zero-order valence-corrected chi connectivity index (χ0v) is 10.6. The molecule has 0 radical (unpaired) electrons. The van der Waals surface area contributed by atoms with E-state index < -0.39 is 5.91 Å². The smallest absolute Gasteiger partial charge is 0.250 e. The SMILES string of the molecule is CCCCCN(C)c1ccc(N)c(C(N)=O)c1. The third-order valence-corrected chi connectivity index (χ3v) is 2.84. The molecule has 0 unspecified atom stereocenters. The van der Waals surface area contributed by atoms with Crippen LogP contribution in [0.25, 0.3) is 0 Å². The minimum atomic E-state index is -0.480. The van der Waals surface area contributed by atoms with Gasteiger partial charge in [0.1, 0.15) is 0 Å². The maximum absolute atomic E-state index is 11.2. The average molecular weight is 235 g/mol. The number of amides is 1. The van der Waals surface area contributed by atoms with Gasteiger partial charge in [-0.25, -0.2) is 0 Å². The van der Waals surface area contributed by atoms with Crippen LogP contribution in [-0.4, -0.2) is 19.5 Å². The van der Waals surface area contributed by atoms with Crippen molar-refractivity contribution in [2.24, 2.45) is 5.73 Å². The van der Waals surface area contributed by atoms with Gasteiger partial charge in [-0.1, -0.05) is 19.8 Å². The molecule has 1 rings (SSSR count). The highest BCUT2D eigenvalue weighted by Crippen LogP contribution is 2.20. The van der Waals surface area contributed by atoms with E-state index in [0.717, 1.165) is 18.7 Å². The Hall–Kier alpha value is -1.71. The van der Waals surface area contributed by atoms with Crippen molar-refractivity contribution in [3.8, 4) is 0 Å². The molecule has 0 aliphatic carbocycles. The third kappa shape index (κ3) is 3.66. The minimum absolute atomic E-state index is 0.393. The first-order valence-electron chi connectivity index (χ1n) is 5.96. The van der Waals surface area contributed by atoms with Crippen molar-refractivity contribution in [3.05, 3.63) is 23.8 Å². The average Bonchev–Trinajstić information content (AvgIpc) is 2.29. The number of unbranched alkanes of at least 4 members (excludes halogenated alkanes) is 2. The molecule has 0 heterocycles. The summed E-state index contributed by atoms with van der Waals surface area (Å²) >= 11 is 0. The number of rotatable bonds is 6. The van der Waals surface area contributed by atoms with Gasteiger partial charge in [0.25, 0.3) is 5.91 Å². The number of hydrogen-bond acceptors (Lipinski definition) is 3. The second kappa shape index (κ2) is 6.13. The summed E-state index contributed by atoms with van der Waals surface area (Å²) in [6, 6.07) is 5.39. The van der Waals surface area contributed by atoms with Crippen molar-refractivity contribution in [1.82, 2.24) is 0 Å². The van der Waals surface area contributed by atoms with Crippen molar-refractivity contribution in [2.45, 2.75) is 26.2 Å². The van der Waals surface area contributed by atoms with Crippen LogP contribution in [0, 0.1) is 0 Å². The molecule has 4 nitrogen and oxygen atoms in total. The van der Waals surface area contributed by atoms with Crippen LogP contribution in [0.5, 0.6) is 0 Å². The largest absolute Gasteiger partial charge is 0.398 e. The van der Waals surface area contributed by atoms with E-state index in [1.165, 1.54) is 12.8 Å². The molecule has 4 heteroatoms. The van der Waals surface area contributed by atoms with E-state index in [9.17, 15) is 4.79 Å². The van der Waals surface area contributed by atoms with Gasteiger partial charge < -0.3 is 16.4 Å². The Morgan fingerprint density at radius 2 is 2.06 bits per heavy atom. The molecule has 0 aliphatic heterocycles. The van der Waals surface area contributed by atoms with Gasteiger partial charge in [0.2, 0.25) is 0 Å². The first kappa shape index (κ1) is 13.4. The van der Waals surface area contributed by atoms with Crippen LogP contribution in [0.15, 0.2) is 18.2 Å². The molecule has 0 saturated heterocycles. The van der Waals surface area contributed by atoms with Crippen LogP contribution in [0.4, 0.5) is 11.4 Å². The maximum Gasteiger partial charge on any atom is 0.250 e. The third-order valence-electron chi connectivity index (χ3n) is 2.84. The fourth-order valence-electron chi connectivity index (χ4n) is 1.72. The predicted molar refractivity (Wildman–Crippen MR) is 72.2 cm³/mol. The summed E-state index contributed by atoms with van der Waals surface area (Å²) in [4.78, 5) is 13.3. The van der Waals surface area contributed by atoms with Crippen molar-refractivity contribution < 1.29 is 4.79 Å². The van der Waals surface area contributed by atoms with Crippen molar-refractivity contribution >= 4 is 17.3 Å². The zero-order chi connectivity index (χ0) is 12.8. The summed E-state index contributed by atoms with van der Waals surface area (Å²) in [6.07, 6.45) is 3.55. The van der Waals surface area contributed by atoms with Crippen molar-refractivity contribution in [3.63, 3.8) is 0 Å². The quantitative estimate of drug-likeness (QED) is 0.585. The zero-order valence-electron chi connectivity index (χ0n) is 10.6. The van der Waals surface area contributed by atoms with Crippen LogP contribution < -0.4 is 16.4 Å². The summed E-state index contributed by atoms with van der Waals surface area (Å²) in [5, 5.41) is 0. The van der Waals surface area contributed by atoms with Gasteiger partial charge in [-0.3, -0.25) is 4.79 Å². The second-order valence-corrected chi connectivity index (χ2v) is 4.26. The van der Waals surface area contributed by atoms with Gasteiger partial charge in [0.05, 0.1) is 5.56 Å². The van der Waals surface area contributed by atoms with E-state index in [0.29, 0.717) is 11.3 Å². The molecule has 17 heavy (non-hydrogen) atoms. The summed E-state index contributed by atoms with van der Waals surface area (Å²) < 4.78 is 0. The maximum atomic E-state index is 11.2. The van der Waals surface area contributed by atoms with E-state index in [2.05, 4.69) is 11.8 Å². The Labute approximate surface area is 103 Å². The fourth-order valence-corrected chi connectivity index (χ4v) is 1.72. The Bertz CT molecular complexity index is 390. The molecule has 0 aromatic heterocycles. The molecule has 4 N–H and O–H groups in total. The van der Waals surface area contributed by atoms with E-state index in [4.69, 9.17) is 11.5 Å². The van der Waals surface area contributed by atoms with Crippen molar-refractivity contribution in [1.29, 1.82) is 0 Å². The van der Waals surface area contributed by atoms with Crippen LogP contribution in [0.1, 0.15) is 36.5 Å². The number of carbonyl (C=O) groups excluding carboxylic acids is 1. The van der Waals surface area contributed by atoms with E-state index in [1.807, 2.05) is 13.1 Å². The molecule has 94 valence electrons. The Morgan fingerprint density at radius 1 is 1.35 bits per heavy atom. The van der Waals surface area contributed by atoms with Gasteiger partial charge in [-0.05, 0) is 24.6 Å². The fraction of sp³-hybridized carbons (Fsp3) is 0.462.